The van der Waals surface area contributed by atoms with Crippen LogP contribution >= 0.6 is 22.7 Å². The second kappa shape index (κ2) is 8.27. The molecule has 7 nitrogen and oxygen atoms in total. The normalized spacial score (nSPS) is 20.9. The lowest BCUT2D eigenvalue weighted by Crippen LogP contribution is -2.46. The number of carbonyl (C=O) groups excluding carboxylic acids is 2. The minimum absolute atomic E-state index is 0.0175. The molecule has 4 heterocycles. The molecule has 1 saturated carbocycles. The lowest BCUT2D eigenvalue weighted by molar-refractivity contribution is 0.0690. The van der Waals surface area contributed by atoms with Gasteiger partial charge in [-0.15, -0.1) is 22.7 Å². The number of hydrogen-bond donors (Lipinski definition) is 1. The maximum absolute atomic E-state index is 13.8. The second-order valence-corrected chi connectivity index (χ2v) is 11.8. The van der Waals surface area contributed by atoms with Crippen molar-refractivity contribution < 1.29 is 9.59 Å². The molecule has 4 aromatic rings. The van der Waals surface area contributed by atoms with E-state index in [0.29, 0.717) is 29.8 Å². The van der Waals surface area contributed by atoms with E-state index in [1.54, 1.807) is 11.3 Å². The number of rotatable bonds is 5. The Kier molecular flexibility index (Phi) is 5.30. The van der Waals surface area contributed by atoms with Gasteiger partial charge in [-0.2, -0.15) is 0 Å². The number of imidazole rings is 1. The number of aryl methyl sites for hydroxylation is 4. The quantitative estimate of drug-likeness (QED) is 0.428. The highest BCUT2D eigenvalue weighted by molar-refractivity contribution is 7.15. The molecule has 35 heavy (non-hydrogen) atoms. The number of nitrogens with one attached hydrogen (secondary N) is 1. The number of carbonyl (C=O) groups is 2. The van der Waals surface area contributed by atoms with E-state index in [0.717, 1.165) is 50.3 Å². The molecule has 1 aliphatic heterocycles. The Morgan fingerprint density at radius 1 is 1.17 bits per heavy atom. The fourth-order valence-corrected chi connectivity index (χ4v) is 7.22. The molecule has 0 spiro atoms. The molecule has 6 rings (SSSR count). The van der Waals surface area contributed by atoms with Crippen LogP contribution in [-0.2, 0) is 0 Å². The van der Waals surface area contributed by atoms with Crippen LogP contribution in [0, 0.1) is 39.5 Å². The zero-order valence-electron chi connectivity index (χ0n) is 20.2. The number of nitrogens with zero attached hydrogens (tertiary/aromatic N) is 4. The summed E-state index contributed by atoms with van der Waals surface area (Å²) in [5, 5.41) is 6.01. The highest BCUT2D eigenvalue weighted by Gasteiger charge is 2.54. The van der Waals surface area contributed by atoms with Crippen LogP contribution in [0.1, 0.15) is 49.4 Å². The van der Waals surface area contributed by atoms with Gasteiger partial charge in [-0.25, -0.2) is 9.97 Å². The van der Waals surface area contributed by atoms with Crippen LogP contribution in [0.5, 0.6) is 0 Å². The average molecular weight is 506 g/mol. The molecular formula is C26H27N5O2S2. The van der Waals surface area contributed by atoms with Gasteiger partial charge in [0.25, 0.3) is 11.8 Å². The number of thiazole rings is 2. The molecule has 0 unspecified atom stereocenters. The first-order chi connectivity index (χ1) is 16.8. The third kappa shape index (κ3) is 3.77. The number of piperidine rings is 1. The SMILES string of the molecule is Cc1cccc(-c2sc(C)nc2C(=O)N2C[C@@H]3C[C@@H]3[C@H]2CNC(=O)c2c(C)nc3scc(C)n23)c1. The van der Waals surface area contributed by atoms with Crippen LogP contribution < -0.4 is 5.32 Å². The van der Waals surface area contributed by atoms with Crippen molar-refractivity contribution in [2.45, 2.75) is 40.2 Å². The molecule has 1 saturated heterocycles. The van der Waals surface area contributed by atoms with E-state index < -0.39 is 0 Å². The molecule has 1 aliphatic carbocycles. The molecule has 0 bridgehead atoms. The topological polar surface area (TPSA) is 79.6 Å². The Morgan fingerprint density at radius 2 is 2.00 bits per heavy atom. The summed E-state index contributed by atoms with van der Waals surface area (Å²) in [7, 11) is 0. The number of fused-ring (bicyclic) bond motifs is 2. The smallest absolute Gasteiger partial charge is 0.274 e. The molecule has 2 fully saturated rings. The summed E-state index contributed by atoms with van der Waals surface area (Å²) in [4.78, 5) is 39.9. The monoisotopic (exact) mass is 505 g/mol. The van der Waals surface area contributed by atoms with Gasteiger partial charge < -0.3 is 10.2 Å². The highest BCUT2D eigenvalue weighted by Crippen LogP contribution is 2.50. The van der Waals surface area contributed by atoms with Gasteiger partial charge in [0, 0.05) is 24.2 Å². The van der Waals surface area contributed by atoms with E-state index in [9.17, 15) is 9.59 Å². The molecule has 2 amide bonds. The van der Waals surface area contributed by atoms with Crippen molar-refractivity contribution in [3.05, 3.63) is 63.0 Å². The molecule has 3 aromatic heterocycles. The standard InChI is InChI=1S/C26H27N5O2S2/c1-13-6-5-7-17(8-13)23-21(29-16(4)35-23)25(33)30-11-18-9-19(18)20(30)10-27-24(32)22-15(3)28-26-31(22)14(2)12-34-26/h5-8,12,18-20H,9-11H2,1-4H3,(H,27,32)/t18-,19-,20+/m0/s1. The van der Waals surface area contributed by atoms with Gasteiger partial charge in [0.2, 0.25) is 0 Å². The lowest BCUT2D eigenvalue weighted by atomic mass is 10.1. The van der Waals surface area contributed by atoms with E-state index in [2.05, 4.69) is 34.3 Å². The molecule has 2 aliphatic rings. The molecular weight excluding hydrogens is 478 g/mol. The molecule has 180 valence electrons. The Hall–Kier alpha value is -3.04. The number of amides is 2. The van der Waals surface area contributed by atoms with Crippen LogP contribution in [0.3, 0.4) is 0 Å². The van der Waals surface area contributed by atoms with Crippen LogP contribution in [0.2, 0.25) is 0 Å². The van der Waals surface area contributed by atoms with E-state index in [-0.39, 0.29) is 17.9 Å². The van der Waals surface area contributed by atoms with E-state index in [1.807, 2.05) is 47.6 Å². The van der Waals surface area contributed by atoms with Crippen LogP contribution in [0.15, 0.2) is 29.6 Å². The van der Waals surface area contributed by atoms with E-state index in [1.165, 1.54) is 11.3 Å². The Labute approximate surface area is 211 Å². The number of likely N-dealkylation sites (tertiary alicyclic amines) is 1. The van der Waals surface area contributed by atoms with Crippen LogP contribution in [0.4, 0.5) is 0 Å². The maximum Gasteiger partial charge on any atom is 0.274 e. The predicted octanol–water partition coefficient (Wildman–Crippen LogP) is 4.64. The highest BCUT2D eigenvalue weighted by atomic mass is 32.1. The lowest BCUT2D eigenvalue weighted by Gasteiger charge is -2.27. The third-order valence-corrected chi connectivity index (χ3v) is 9.14. The first-order valence-electron chi connectivity index (χ1n) is 11.9. The van der Waals surface area contributed by atoms with Gasteiger partial charge in [-0.3, -0.25) is 14.0 Å². The summed E-state index contributed by atoms with van der Waals surface area (Å²) in [6, 6.07) is 8.19. The van der Waals surface area contributed by atoms with Crippen LogP contribution in [0.25, 0.3) is 15.4 Å². The van der Waals surface area contributed by atoms with Crippen LogP contribution in [-0.4, -0.2) is 50.2 Å². The van der Waals surface area contributed by atoms with Gasteiger partial charge in [0.05, 0.1) is 21.6 Å². The summed E-state index contributed by atoms with van der Waals surface area (Å²) >= 11 is 3.09. The number of benzene rings is 1. The summed E-state index contributed by atoms with van der Waals surface area (Å²) in [5.41, 5.74) is 5.01. The molecule has 0 radical (unpaired) electrons. The van der Waals surface area contributed by atoms with Crippen molar-refractivity contribution in [3.8, 4) is 10.4 Å². The summed E-state index contributed by atoms with van der Waals surface area (Å²) < 4.78 is 1.92. The Morgan fingerprint density at radius 3 is 2.80 bits per heavy atom. The molecule has 1 N–H and O–H groups in total. The van der Waals surface area contributed by atoms with Gasteiger partial charge in [-0.05, 0) is 51.5 Å². The minimum Gasteiger partial charge on any atom is -0.349 e. The molecule has 1 aromatic carbocycles. The molecule has 9 heteroatoms. The second-order valence-electron chi connectivity index (χ2n) is 9.72. The van der Waals surface area contributed by atoms with Crippen molar-refractivity contribution in [2.24, 2.45) is 11.8 Å². The van der Waals surface area contributed by atoms with Crippen molar-refractivity contribution in [2.75, 3.05) is 13.1 Å². The summed E-state index contributed by atoms with van der Waals surface area (Å²) in [6.45, 7) is 9.02. The zero-order valence-corrected chi connectivity index (χ0v) is 21.8. The summed E-state index contributed by atoms with van der Waals surface area (Å²) in [6.07, 6.45) is 1.12. The van der Waals surface area contributed by atoms with Gasteiger partial charge in [-0.1, -0.05) is 29.8 Å². The average Bonchev–Trinajstić information content (AvgIpc) is 3.10. The zero-order chi connectivity index (χ0) is 24.4. The van der Waals surface area contributed by atoms with Gasteiger partial charge in [0.15, 0.2) is 4.96 Å². The first-order valence-corrected chi connectivity index (χ1v) is 13.6. The minimum atomic E-state index is -0.141. The van der Waals surface area contributed by atoms with Gasteiger partial charge >= 0.3 is 0 Å². The fourth-order valence-electron chi connectivity index (χ4n) is 5.40. The van der Waals surface area contributed by atoms with Crippen molar-refractivity contribution in [3.63, 3.8) is 0 Å². The molecule has 3 atom stereocenters. The Bertz CT molecular complexity index is 1480. The van der Waals surface area contributed by atoms with E-state index >= 15 is 0 Å². The van der Waals surface area contributed by atoms with E-state index in [4.69, 9.17) is 0 Å². The van der Waals surface area contributed by atoms with Gasteiger partial charge in [0.1, 0.15) is 11.4 Å². The summed E-state index contributed by atoms with van der Waals surface area (Å²) in [5.74, 6) is 0.785. The number of hydrogen-bond acceptors (Lipinski definition) is 6. The first kappa shape index (κ1) is 22.4. The van der Waals surface area contributed by atoms with Crippen molar-refractivity contribution in [1.29, 1.82) is 0 Å². The third-order valence-electron chi connectivity index (χ3n) is 7.18. The number of aromatic nitrogens is 3. The predicted molar refractivity (Wildman–Crippen MR) is 138 cm³/mol. The van der Waals surface area contributed by atoms with Crippen molar-refractivity contribution >= 4 is 39.4 Å². The fraction of sp³-hybridized carbons (Fsp3) is 0.385. The Balaban J connectivity index is 1.24. The largest absolute Gasteiger partial charge is 0.349 e. The van der Waals surface area contributed by atoms with Crippen molar-refractivity contribution in [1.82, 2.24) is 24.6 Å². The maximum atomic E-state index is 13.8.